The summed E-state index contributed by atoms with van der Waals surface area (Å²) in [6, 6.07) is 2.04. The van der Waals surface area contributed by atoms with Crippen molar-refractivity contribution in [3.05, 3.63) is 36.4 Å². The summed E-state index contributed by atoms with van der Waals surface area (Å²) >= 11 is 1.68. The van der Waals surface area contributed by atoms with E-state index in [1.807, 2.05) is 30.9 Å². The van der Waals surface area contributed by atoms with Gasteiger partial charge in [-0.3, -0.25) is 4.40 Å². The van der Waals surface area contributed by atoms with E-state index in [0.29, 0.717) is 18.5 Å². The van der Waals surface area contributed by atoms with Crippen LogP contribution in [-0.4, -0.2) is 70.0 Å². The Kier molecular flexibility index (Phi) is 5.00. The molecule has 0 unspecified atom stereocenters. The molecule has 3 fully saturated rings. The number of ether oxygens (including phenoxy) is 1. The molecule has 6 rings (SSSR count). The van der Waals surface area contributed by atoms with Gasteiger partial charge < -0.3 is 19.6 Å². The van der Waals surface area contributed by atoms with E-state index in [0.717, 1.165) is 71.9 Å². The number of aromatic nitrogens is 4. The highest BCUT2D eigenvalue weighted by molar-refractivity contribution is 7.99. The number of hydrogen-bond acceptors (Lipinski definition) is 8. The Hall–Kier alpha value is -2.36. The van der Waals surface area contributed by atoms with Crippen molar-refractivity contribution in [2.45, 2.75) is 42.1 Å². The molecule has 9 heteroatoms. The van der Waals surface area contributed by atoms with E-state index in [1.165, 1.54) is 6.42 Å². The number of pyridine rings is 1. The van der Waals surface area contributed by atoms with Crippen LogP contribution in [0.25, 0.3) is 5.65 Å². The normalized spacial score (nSPS) is 20.9. The molecule has 0 bridgehead atoms. The van der Waals surface area contributed by atoms with Gasteiger partial charge in [0.1, 0.15) is 5.82 Å². The third-order valence-corrected chi connectivity index (χ3v) is 8.35. The van der Waals surface area contributed by atoms with E-state index in [1.54, 1.807) is 11.8 Å². The highest BCUT2D eigenvalue weighted by Crippen LogP contribution is 2.41. The molecule has 3 aromatic heterocycles. The van der Waals surface area contributed by atoms with E-state index in [4.69, 9.17) is 9.72 Å². The maximum absolute atomic E-state index is 9.66. The lowest BCUT2D eigenvalue weighted by Gasteiger charge is -2.38. The second-order valence-electron chi connectivity index (χ2n) is 9.25. The Morgan fingerprint density at radius 1 is 1.06 bits per heavy atom. The lowest BCUT2D eigenvalue weighted by atomic mass is 9.78. The third-order valence-electron chi connectivity index (χ3n) is 7.18. The molecular weight excluding hydrogens is 424 g/mol. The monoisotopic (exact) mass is 452 g/mol. The number of aliphatic hydroxyl groups excluding tert-OH is 1. The number of hydrogen-bond donors (Lipinski definition) is 1. The number of nitrogens with zero attached hydrogens (tertiary/aromatic N) is 6. The predicted octanol–water partition coefficient (Wildman–Crippen LogP) is 2.77. The fourth-order valence-electron chi connectivity index (χ4n) is 5.10. The van der Waals surface area contributed by atoms with Gasteiger partial charge >= 0.3 is 0 Å². The van der Waals surface area contributed by atoms with Crippen LogP contribution in [0.5, 0.6) is 0 Å². The summed E-state index contributed by atoms with van der Waals surface area (Å²) in [4.78, 5) is 20.8. The van der Waals surface area contributed by atoms with Crippen LogP contribution in [0, 0.1) is 12.3 Å². The summed E-state index contributed by atoms with van der Waals surface area (Å²) in [5, 5.41) is 9.66. The number of fused-ring (bicyclic) bond motifs is 1. The van der Waals surface area contributed by atoms with Gasteiger partial charge in [-0.2, -0.15) is 0 Å². The van der Waals surface area contributed by atoms with Crippen molar-refractivity contribution in [1.82, 2.24) is 19.4 Å². The lowest BCUT2D eigenvalue weighted by Crippen LogP contribution is -2.51. The van der Waals surface area contributed by atoms with Crippen LogP contribution in [0.15, 0.2) is 40.6 Å². The lowest BCUT2D eigenvalue weighted by molar-refractivity contribution is 0.133. The predicted molar refractivity (Wildman–Crippen MR) is 124 cm³/mol. The van der Waals surface area contributed by atoms with Crippen molar-refractivity contribution in [2.75, 3.05) is 49.2 Å². The SMILES string of the molecule is Cc1c(Sc2cnc(N3CCC4(CCOC4)CC3)n3ccnc23)ccnc1N1CC(O)C1. The Balaban J connectivity index is 1.25. The Bertz CT molecular complexity index is 1130. The van der Waals surface area contributed by atoms with Crippen molar-refractivity contribution in [1.29, 1.82) is 0 Å². The van der Waals surface area contributed by atoms with Crippen LogP contribution in [-0.2, 0) is 4.74 Å². The quantitative estimate of drug-likeness (QED) is 0.648. The van der Waals surface area contributed by atoms with E-state index in [-0.39, 0.29) is 6.10 Å². The standard InChI is InChI=1S/C23H28N6O2S/c1-16-18(2-6-24-20(16)28-13-17(30)14-28)32-19-12-26-22(29-10-7-25-21(19)29)27-8-3-23(4-9-27)5-11-31-15-23/h2,6-7,10,12,17,30H,3-5,8-9,11,13-15H2,1H3. The van der Waals surface area contributed by atoms with Crippen LogP contribution < -0.4 is 9.80 Å². The van der Waals surface area contributed by atoms with Crippen LogP contribution >= 0.6 is 11.8 Å². The molecule has 0 aliphatic carbocycles. The first-order chi connectivity index (χ1) is 15.6. The maximum atomic E-state index is 9.66. The molecule has 8 nitrogen and oxygen atoms in total. The summed E-state index contributed by atoms with van der Waals surface area (Å²) in [7, 11) is 0. The van der Waals surface area contributed by atoms with Crippen molar-refractivity contribution < 1.29 is 9.84 Å². The second-order valence-corrected chi connectivity index (χ2v) is 10.3. The van der Waals surface area contributed by atoms with Crippen molar-refractivity contribution in [3.8, 4) is 0 Å². The van der Waals surface area contributed by atoms with Crippen molar-refractivity contribution in [3.63, 3.8) is 0 Å². The van der Waals surface area contributed by atoms with Gasteiger partial charge in [0.15, 0.2) is 5.65 Å². The van der Waals surface area contributed by atoms with Gasteiger partial charge in [-0.25, -0.2) is 15.0 Å². The van der Waals surface area contributed by atoms with Crippen LogP contribution in [0.4, 0.5) is 11.8 Å². The molecule has 168 valence electrons. The number of anilines is 2. The molecule has 0 aromatic carbocycles. The average Bonchev–Trinajstić information content (AvgIpc) is 3.45. The van der Waals surface area contributed by atoms with E-state index < -0.39 is 0 Å². The first-order valence-corrected chi connectivity index (χ1v) is 12.1. The second kappa shape index (κ2) is 7.90. The highest BCUT2D eigenvalue weighted by atomic mass is 32.2. The van der Waals surface area contributed by atoms with Crippen LogP contribution in [0.3, 0.4) is 0 Å². The summed E-state index contributed by atoms with van der Waals surface area (Å²) in [5.74, 6) is 1.92. The molecule has 3 aromatic rings. The highest BCUT2D eigenvalue weighted by Gasteiger charge is 2.38. The molecule has 6 heterocycles. The largest absolute Gasteiger partial charge is 0.389 e. The molecular formula is C23H28N6O2S. The number of piperidine rings is 1. The summed E-state index contributed by atoms with van der Waals surface area (Å²) in [6.07, 6.45) is 10.9. The van der Waals surface area contributed by atoms with Gasteiger partial charge in [-0.05, 0) is 37.7 Å². The molecule has 3 saturated heterocycles. The summed E-state index contributed by atoms with van der Waals surface area (Å²) < 4.78 is 7.81. The number of rotatable bonds is 4. The Labute approximate surface area is 191 Å². The van der Waals surface area contributed by atoms with Gasteiger partial charge in [0.25, 0.3) is 0 Å². The van der Waals surface area contributed by atoms with Gasteiger partial charge in [0.2, 0.25) is 5.95 Å². The molecule has 1 N–H and O–H groups in total. The molecule has 1 spiro atoms. The smallest absolute Gasteiger partial charge is 0.211 e. The minimum atomic E-state index is -0.250. The summed E-state index contributed by atoms with van der Waals surface area (Å²) in [5.41, 5.74) is 2.43. The minimum absolute atomic E-state index is 0.250. The number of imidazole rings is 1. The van der Waals surface area contributed by atoms with E-state index >= 15 is 0 Å². The average molecular weight is 453 g/mol. The van der Waals surface area contributed by atoms with Crippen LogP contribution in [0.2, 0.25) is 0 Å². The molecule has 3 aliphatic rings. The van der Waals surface area contributed by atoms with Crippen molar-refractivity contribution in [2.24, 2.45) is 5.41 Å². The first-order valence-electron chi connectivity index (χ1n) is 11.3. The van der Waals surface area contributed by atoms with Gasteiger partial charge in [0.05, 0.1) is 17.6 Å². The minimum Gasteiger partial charge on any atom is -0.389 e. The third kappa shape index (κ3) is 3.43. The molecule has 3 aliphatic heterocycles. The van der Waals surface area contributed by atoms with Gasteiger partial charge in [0, 0.05) is 68.0 Å². The molecule has 0 atom stereocenters. The van der Waals surface area contributed by atoms with Gasteiger partial charge in [-0.15, -0.1) is 0 Å². The topological polar surface area (TPSA) is 79.0 Å². The van der Waals surface area contributed by atoms with Gasteiger partial charge in [-0.1, -0.05) is 11.8 Å². The molecule has 0 radical (unpaired) electrons. The Morgan fingerprint density at radius 2 is 1.91 bits per heavy atom. The molecule has 0 saturated carbocycles. The number of β-amino-alcohol motifs (C(OH)–C–C–N with tert-alkyl or cyclic N) is 1. The Morgan fingerprint density at radius 3 is 2.66 bits per heavy atom. The van der Waals surface area contributed by atoms with Crippen molar-refractivity contribution >= 4 is 29.2 Å². The van der Waals surface area contributed by atoms with E-state index in [9.17, 15) is 5.11 Å². The zero-order valence-corrected chi connectivity index (χ0v) is 19.1. The number of aliphatic hydroxyl groups is 1. The van der Waals surface area contributed by atoms with E-state index in [2.05, 4.69) is 31.1 Å². The fourth-order valence-corrected chi connectivity index (χ4v) is 6.06. The zero-order valence-electron chi connectivity index (χ0n) is 18.3. The summed E-state index contributed by atoms with van der Waals surface area (Å²) in [6.45, 7) is 7.21. The maximum Gasteiger partial charge on any atom is 0.211 e. The fraction of sp³-hybridized carbons (Fsp3) is 0.522. The van der Waals surface area contributed by atoms with Crippen LogP contribution in [0.1, 0.15) is 24.8 Å². The molecule has 0 amide bonds. The molecule has 32 heavy (non-hydrogen) atoms. The zero-order chi connectivity index (χ0) is 21.7. The first kappa shape index (κ1) is 20.3.